The lowest BCUT2D eigenvalue weighted by atomic mass is 10.2. The van der Waals surface area contributed by atoms with E-state index in [1.165, 1.54) is 0 Å². The first kappa shape index (κ1) is 11.4. The van der Waals surface area contributed by atoms with Gasteiger partial charge in [-0.25, -0.2) is 0 Å². The molecular formula is C10H15BrN2O. The third-order valence-corrected chi connectivity index (χ3v) is 3.13. The first-order chi connectivity index (χ1) is 6.56. The van der Waals surface area contributed by atoms with Crippen molar-refractivity contribution in [3.8, 4) is 0 Å². The second kappa shape index (κ2) is 4.73. The first-order valence-electron chi connectivity index (χ1n) is 4.76. The Morgan fingerprint density at radius 2 is 2.21 bits per heavy atom. The van der Waals surface area contributed by atoms with Crippen LogP contribution in [0.25, 0.3) is 0 Å². The van der Waals surface area contributed by atoms with E-state index in [0.717, 1.165) is 28.7 Å². The second-order valence-corrected chi connectivity index (χ2v) is 4.18. The summed E-state index contributed by atoms with van der Waals surface area (Å²) in [5, 5.41) is 4.37. The van der Waals surface area contributed by atoms with Crippen LogP contribution in [-0.2, 0) is 24.7 Å². The molecule has 0 fully saturated rings. The van der Waals surface area contributed by atoms with Crippen LogP contribution >= 0.6 is 15.9 Å². The van der Waals surface area contributed by atoms with Gasteiger partial charge in [-0.1, -0.05) is 6.92 Å². The summed E-state index contributed by atoms with van der Waals surface area (Å²) in [4.78, 5) is 10.9. The molecule has 1 heterocycles. The summed E-state index contributed by atoms with van der Waals surface area (Å²) < 4.78 is 2.91. The van der Waals surface area contributed by atoms with Crippen molar-refractivity contribution < 1.29 is 4.79 Å². The lowest BCUT2D eigenvalue weighted by Gasteiger charge is -2.00. The Balaban J connectivity index is 2.85. The van der Waals surface area contributed by atoms with Gasteiger partial charge in [0.25, 0.3) is 0 Å². The number of Topliss-reactive ketones (excluding diaryl/α,β-unsaturated/α-hetero) is 1. The minimum atomic E-state index is 0.219. The Hall–Kier alpha value is -0.640. The zero-order chi connectivity index (χ0) is 10.7. The molecule has 0 N–H and O–H groups in total. The van der Waals surface area contributed by atoms with Crippen molar-refractivity contribution >= 4 is 21.7 Å². The van der Waals surface area contributed by atoms with Crippen molar-refractivity contribution in [2.24, 2.45) is 7.05 Å². The fraction of sp³-hybridized carbons (Fsp3) is 0.600. The van der Waals surface area contributed by atoms with Crippen molar-refractivity contribution in [2.45, 2.75) is 33.1 Å². The minimum absolute atomic E-state index is 0.219. The van der Waals surface area contributed by atoms with E-state index >= 15 is 0 Å². The van der Waals surface area contributed by atoms with E-state index in [1.54, 1.807) is 6.92 Å². The van der Waals surface area contributed by atoms with E-state index in [-0.39, 0.29) is 5.78 Å². The third kappa shape index (κ3) is 2.44. The van der Waals surface area contributed by atoms with Gasteiger partial charge >= 0.3 is 0 Å². The van der Waals surface area contributed by atoms with Gasteiger partial charge in [-0.05, 0) is 35.7 Å². The lowest BCUT2D eigenvalue weighted by Crippen LogP contribution is -2.01. The minimum Gasteiger partial charge on any atom is -0.300 e. The summed E-state index contributed by atoms with van der Waals surface area (Å²) in [6.45, 7) is 3.69. The molecule has 14 heavy (non-hydrogen) atoms. The molecule has 0 saturated carbocycles. The highest BCUT2D eigenvalue weighted by atomic mass is 79.9. The molecule has 78 valence electrons. The molecule has 0 aliphatic rings. The monoisotopic (exact) mass is 258 g/mol. The van der Waals surface area contributed by atoms with Gasteiger partial charge in [0.15, 0.2) is 0 Å². The van der Waals surface area contributed by atoms with Crippen LogP contribution in [0.4, 0.5) is 0 Å². The largest absolute Gasteiger partial charge is 0.300 e. The molecule has 1 aromatic rings. The quantitative estimate of drug-likeness (QED) is 0.831. The van der Waals surface area contributed by atoms with Gasteiger partial charge in [0, 0.05) is 13.5 Å². The highest BCUT2D eigenvalue weighted by molar-refractivity contribution is 9.10. The van der Waals surface area contributed by atoms with E-state index in [9.17, 15) is 4.79 Å². The van der Waals surface area contributed by atoms with Crippen LogP contribution in [-0.4, -0.2) is 15.6 Å². The van der Waals surface area contributed by atoms with E-state index in [4.69, 9.17) is 0 Å². The van der Waals surface area contributed by atoms with Crippen molar-refractivity contribution in [1.82, 2.24) is 9.78 Å². The van der Waals surface area contributed by atoms with Crippen LogP contribution in [0.1, 0.15) is 31.7 Å². The Morgan fingerprint density at radius 1 is 1.57 bits per heavy atom. The van der Waals surface area contributed by atoms with Crippen molar-refractivity contribution in [1.29, 1.82) is 0 Å². The molecule has 0 spiro atoms. The number of aryl methyl sites for hydroxylation is 2. The van der Waals surface area contributed by atoms with Gasteiger partial charge in [0.05, 0.1) is 15.9 Å². The van der Waals surface area contributed by atoms with Crippen LogP contribution < -0.4 is 0 Å². The number of rotatable bonds is 4. The van der Waals surface area contributed by atoms with E-state index in [2.05, 4.69) is 28.0 Å². The van der Waals surface area contributed by atoms with E-state index < -0.39 is 0 Å². The first-order valence-corrected chi connectivity index (χ1v) is 5.55. The molecule has 0 bridgehead atoms. The smallest absolute Gasteiger partial charge is 0.130 e. The normalized spacial score (nSPS) is 10.6. The zero-order valence-electron chi connectivity index (χ0n) is 8.80. The fourth-order valence-corrected chi connectivity index (χ4v) is 2.20. The maximum absolute atomic E-state index is 10.9. The zero-order valence-corrected chi connectivity index (χ0v) is 10.4. The number of nitrogens with zero attached hydrogens (tertiary/aromatic N) is 2. The molecule has 0 aromatic carbocycles. The third-order valence-electron chi connectivity index (χ3n) is 2.22. The maximum Gasteiger partial charge on any atom is 0.130 e. The Labute approximate surface area is 92.6 Å². The SMILES string of the molecule is CCc1nn(C)c(CCC(C)=O)c1Br. The topological polar surface area (TPSA) is 34.9 Å². The second-order valence-electron chi connectivity index (χ2n) is 3.39. The highest BCUT2D eigenvalue weighted by Crippen LogP contribution is 2.22. The Morgan fingerprint density at radius 3 is 2.64 bits per heavy atom. The number of aromatic nitrogens is 2. The molecular weight excluding hydrogens is 244 g/mol. The number of carbonyl (C=O) groups excluding carboxylic acids is 1. The van der Waals surface area contributed by atoms with Gasteiger partial charge in [-0.3, -0.25) is 4.68 Å². The van der Waals surface area contributed by atoms with Gasteiger partial charge in [0.1, 0.15) is 5.78 Å². The summed E-state index contributed by atoms with van der Waals surface area (Å²) >= 11 is 3.52. The number of halogens is 1. The molecule has 3 nitrogen and oxygen atoms in total. The molecule has 0 aliphatic carbocycles. The Kier molecular flexibility index (Phi) is 3.86. The predicted molar refractivity (Wildman–Crippen MR) is 59.3 cm³/mol. The van der Waals surface area contributed by atoms with Gasteiger partial charge in [-0.2, -0.15) is 5.10 Å². The highest BCUT2D eigenvalue weighted by Gasteiger charge is 2.12. The fourth-order valence-electron chi connectivity index (χ4n) is 1.39. The average Bonchev–Trinajstić information content (AvgIpc) is 2.39. The molecule has 4 heteroatoms. The number of ketones is 1. The summed E-state index contributed by atoms with van der Waals surface area (Å²) in [5.74, 6) is 0.219. The molecule has 0 amide bonds. The summed E-state index contributed by atoms with van der Waals surface area (Å²) in [6.07, 6.45) is 2.26. The van der Waals surface area contributed by atoms with E-state index in [1.807, 2.05) is 11.7 Å². The summed E-state index contributed by atoms with van der Waals surface area (Å²) in [5.41, 5.74) is 2.17. The molecule has 0 atom stereocenters. The number of carbonyl (C=O) groups is 1. The van der Waals surface area contributed by atoms with Crippen LogP contribution in [0.5, 0.6) is 0 Å². The van der Waals surface area contributed by atoms with Crippen molar-refractivity contribution in [2.75, 3.05) is 0 Å². The molecule has 0 aliphatic heterocycles. The van der Waals surface area contributed by atoms with Gasteiger partial charge < -0.3 is 4.79 Å². The van der Waals surface area contributed by atoms with Crippen molar-refractivity contribution in [3.63, 3.8) is 0 Å². The number of hydrogen-bond donors (Lipinski definition) is 0. The van der Waals surface area contributed by atoms with Crippen molar-refractivity contribution in [3.05, 3.63) is 15.9 Å². The molecule has 1 aromatic heterocycles. The molecule has 0 saturated heterocycles. The summed E-state index contributed by atoms with van der Waals surface area (Å²) in [6, 6.07) is 0. The maximum atomic E-state index is 10.9. The van der Waals surface area contributed by atoms with Crippen LogP contribution in [0.15, 0.2) is 4.47 Å². The lowest BCUT2D eigenvalue weighted by molar-refractivity contribution is -0.117. The average molecular weight is 259 g/mol. The predicted octanol–water partition coefficient (Wildman–Crippen LogP) is 2.27. The van der Waals surface area contributed by atoms with Crippen LogP contribution in [0.2, 0.25) is 0 Å². The van der Waals surface area contributed by atoms with Crippen LogP contribution in [0.3, 0.4) is 0 Å². The van der Waals surface area contributed by atoms with Gasteiger partial charge in [-0.15, -0.1) is 0 Å². The molecule has 0 radical (unpaired) electrons. The Bertz CT molecular complexity index is 344. The van der Waals surface area contributed by atoms with Crippen LogP contribution in [0, 0.1) is 0 Å². The van der Waals surface area contributed by atoms with Gasteiger partial charge in [0.2, 0.25) is 0 Å². The molecule has 1 rings (SSSR count). The standard InChI is InChI=1S/C10H15BrN2O/c1-4-8-10(11)9(13(3)12-8)6-5-7(2)14/h4-6H2,1-3H3. The number of hydrogen-bond acceptors (Lipinski definition) is 2. The molecule has 0 unspecified atom stereocenters. The van der Waals surface area contributed by atoms with E-state index in [0.29, 0.717) is 6.42 Å². The summed E-state index contributed by atoms with van der Waals surface area (Å²) in [7, 11) is 1.92.